The van der Waals surface area contributed by atoms with Crippen molar-refractivity contribution in [3.05, 3.63) is 64.7 Å². The van der Waals surface area contributed by atoms with E-state index in [1.165, 1.54) is 17.3 Å². The van der Waals surface area contributed by atoms with Crippen molar-refractivity contribution >= 4 is 29.3 Å². The van der Waals surface area contributed by atoms with E-state index in [4.69, 9.17) is 5.73 Å². The monoisotopic (exact) mass is 353 g/mol. The van der Waals surface area contributed by atoms with Crippen molar-refractivity contribution in [1.29, 1.82) is 0 Å². The molecule has 4 N–H and O–H groups in total. The third-order valence-corrected chi connectivity index (χ3v) is 4.61. The minimum absolute atomic E-state index is 0.118. The molecule has 0 spiro atoms. The molecule has 0 aliphatic carbocycles. The van der Waals surface area contributed by atoms with E-state index in [9.17, 15) is 4.79 Å². The number of carbonyl (C=O) groups excluding carboxylic acids is 1. The van der Waals surface area contributed by atoms with Crippen molar-refractivity contribution in [1.82, 2.24) is 15.2 Å². The van der Waals surface area contributed by atoms with Crippen LogP contribution in [0.5, 0.6) is 0 Å². The first kappa shape index (κ1) is 17.0. The Morgan fingerprint density at radius 2 is 1.96 bits per heavy atom. The number of rotatable bonds is 5. The summed E-state index contributed by atoms with van der Waals surface area (Å²) in [5.74, 6) is 0.893. The number of nitrogens with two attached hydrogens (primary N) is 1. The number of thioether (sulfide) groups is 1. The number of aromatic amines is 1. The first-order valence-corrected chi connectivity index (χ1v) is 8.78. The number of nitrogen functional groups attached to an aromatic ring is 1. The third-order valence-electron chi connectivity index (χ3n) is 3.70. The molecule has 7 heteroatoms. The number of aryl methyl sites for hydroxylation is 2. The number of nitrogens with zero attached hydrogens (tertiary/aromatic N) is 2. The van der Waals surface area contributed by atoms with Crippen molar-refractivity contribution in [3.8, 4) is 0 Å². The van der Waals surface area contributed by atoms with Gasteiger partial charge in [0.25, 0.3) is 5.91 Å². The van der Waals surface area contributed by atoms with Crippen LogP contribution < -0.4 is 11.1 Å². The van der Waals surface area contributed by atoms with Crippen molar-refractivity contribution in [2.24, 2.45) is 0 Å². The molecule has 0 radical (unpaired) electrons. The normalized spacial score (nSPS) is 10.6. The molecule has 2 aromatic carbocycles. The lowest BCUT2D eigenvalue weighted by molar-refractivity contribution is 0.102. The van der Waals surface area contributed by atoms with Gasteiger partial charge in [-0.1, -0.05) is 41.6 Å². The molecule has 25 heavy (non-hydrogen) atoms. The van der Waals surface area contributed by atoms with Crippen LogP contribution in [0.15, 0.2) is 47.6 Å². The van der Waals surface area contributed by atoms with Crippen LogP contribution in [0, 0.1) is 13.8 Å². The van der Waals surface area contributed by atoms with E-state index < -0.39 is 0 Å². The molecular weight excluding hydrogens is 334 g/mol. The van der Waals surface area contributed by atoms with Gasteiger partial charge in [-0.05, 0) is 43.2 Å². The number of hydrogen-bond donors (Lipinski definition) is 3. The Hall–Kier alpha value is -2.80. The van der Waals surface area contributed by atoms with Gasteiger partial charge in [0.1, 0.15) is 0 Å². The number of H-pyrrole nitrogens is 1. The fourth-order valence-electron chi connectivity index (χ4n) is 2.37. The van der Waals surface area contributed by atoms with Gasteiger partial charge in [-0.15, -0.1) is 5.10 Å². The summed E-state index contributed by atoms with van der Waals surface area (Å²) in [5.41, 5.74) is 10.2. The van der Waals surface area contributed by atoms with Crippen molar-refractivity contribution in [2.75, 3.05) is 11.1 Å². The molecule has 1 heterocycles. The van der Waals surface area contributed by atoms with Crippen LogP contribution in [0.3, 0.4) is 0 Å². The largest absolute Gasteiger partial charge is 0.368 e. The minimum Gasteiger partial charge on any atom is -0.368 e. The van der Waals surface area contributed by atoms with Gasteiger partial charge in [-0.2, -0.15) is 4.98 Å². The van der Waals surface area contributed by atoms with Gasteiger partial charge in [0.05, 0.1) is 0 Å². The lowest BCUT2D eigenvalue weighted by Crippen LogP contribution is -2.12. The number of aromatic nitrogens is 3. The van der Waals surface area contributed by atoms with Gasteiger partial charge in [0, 0.05) is 17.0 Å². The van der Waals surface area contributed by atoms with Gasteiger partial charge in [0.2, 0.25) is 11.1 Å². The predicted molar refractivity (Wildman–Crippen MR) is 101 cm³/mol. The van der Waals surface area contributed by atoms with Gasteiger partial charge < -0.3 is 11.1 Å². The molecular formula is C18H19N5OS. The molecule has 1 amide bonds. The number of amides is 1. The molecule has 3 aromatic rings. The maximum Gasteiger partial charge on any atom is 0.255 e. The number of hydrogen-bond acceptors (Lipinski definition) is 5. The second-order valence-electron chi connectivity index (χ2n) is 5.76. The summed E-state index contributed by atoms with van der Waals surface area (Å²) >= 11 is 1.48. The third kappa shape index (κ3) is 4.39. The maximum absolute atomic E-state index is 12.4. The fourth-order valence-corrected chi connectivity index (χ4v) is 3.13. The smallest absolute Gasteiger partial charge is 0.255 e. The fraction of sp³-hybridized carbons (Fsp3) is 0.167. The molecule has 3 rings (SSSR count). The standard InChI is InChI=1S/C18H19N5OS/c1-11-3-8-15(12(2)9-11)20-16(24)14-6-4-13(5-7-14)10-25-18-21-17(19)22-23-18/h3-9H,10H2,1-2H3,(H,20,24)(H3,19,21,22,23). The van der Waals surface area contributed by atoms with E-state index >= 15 is 0 Å². The van der Waals surface area contributed by atoms with Crippen LogP contribution in [0.25, 0.3) is 0 Å². The topological polar surface area (TPSA) is 96.7 Å². The number of benzene rings is 2. The Morgan fingerprint density at radius 3 is 2.60 bits per heavy atom. The number of nitrogens with one attached hydrogen (secondary N) is 2. The van der Waals surface area contributed by atoms with E-state index in [-0.39, 0.29) is 5.91 Å². The van der Waals surface area contributed by atoms with Crippen LogP contribution in [0.2, 0.25) is 0 Å². The molecule has 6 nitrogen and oxygen atoms in total. The summed E-state index contributed by atoms with van der Waals surface area (Å²) in [5, 5.41) is 10.1. The molecule has 1 aromatic heterocycles. The molecule has 0 unspecified atom stereocenters. The summed E-state index contributed by atoms with van der Waals surface area (Å²) < 4.78 is 0. The lowest BCUT2D eigenvalue weighted by atomic mass is 10.1. The molecule has 0 saturated carbocycles. The summed E-state index contributed by atoms with van der Waals surface area (Å²) in [6.45, 7) is 4.01. The summed E-state index contributed by atoms with van der Waals surface area (Å²) in [4.78, 5) is 16.4. The van der Waals surface area contributed by atoms with Gasteiger partial charge >= 0.3 is 0 Å². The first-order chi connectivity index (χ1) is 12.0. The van der Waals surface area contributed by atoms with Crippen molar-refractivity contribution < 1.29 is 4.79 Å². The van der Waals surface area contributed by atoms with Crippen LogP contribution in [0.4, 0.5) is 11.6 Å². The van der Waals surface area contributed by atoms with Crippen LogP contribution in [-0.4, -0.2) is 21.1 Å². The highest BCUT2D eigenvalue weighted by molar-refractivity contribution is 7.98. The molecule has 0 aliphatic rings. The maximum atomic E-state index is 12.4. The zero-order valence-electron chi connectivity index (χ0n) is 14.0. The predicted octanol–water partition coefficient (Wildman–Crippen LogP) is 3.55. The summed E-state index contributed by atoms with van der Waals surface area (Å²) in [6.07, 6.45) is 0. The van der Waals surface area contributed by atoms with Crippen LogP contribution in [0.1, 0.15) is 27.0 Å². The highest BCUT2D eigenvalue weighted by Crippen LogP contribution is 2.21. The van der Waals surface area contributed by atoms with E-state index in [1.807, 2.05) is 56.3 Å². The Labute approximate surface area is 150 Å². The van der Waals surface area contributed by atoms with Crippen LogP contribution >= 0.6 is 11.8 Å². The average Bonchev–Trinajstić information content (AvgIpc) is 3.01. The quantitative estimate of drug-likeness (QED) is 0.610. The van der Waals surface area contributed by atoms with Crippen LogP contribution in [-0.2, 0) is 5.75 Å². The molecule has 128 valence electrons. The summed E-state index contributed by atoms with van der Waals surface area (Å²) in [7, 11) is 0. The zero-order chi connectivity index (χ0) is 17.8. The first-order valence-electron chi connectivity index (χ1n) is 7.79. The Morgan fingerprint density at radius 1 is 1.20 bits per heavy atom. The van der Waals surface area contributed by atoms with Crippen molar-refractivity contribution in [3.63, 3.8) is 0 Å². The Balaban J connectivity index is 1.62. The Bertz CT molecular complexity index is 889. The highest BCUT2D eigenvalue weighted by atomic mass is 32.2. The number of carbonyl (C=O) groups is 1. The Kier molecular flexibility index (Phi) is 5.04. The lowest BCUT2D eigenvalue weighted by Gasteiger charge is -2.09. The van der Waals surface area contributed by atoms with E-state index in [2.05, 4.69) is 20.5 Å². The molecule has 0 bridgehead atoms. The average molecular weight is 353 g/mol. The molecule has 0 atom stereocenters. The number of anilines is 2. The second kappa shape index (κ2) is 7.40. The zero-order valence-corrected chi connectivity index (χ0v) is 14.9. The molecule has 0 fully saturated rings. The molecule has 0 aliphatic heterocycles. The minimum atomic E-state index is -0.118. The van der Waals surface area contributed by atoms with E-state index in [0.717, 1.165) is 16.8 Å². The summed E-state index contributed by atoms with van der Waals surface area (Å²) in [6, 6.07) is 13.5. The molecule has 0 saturated heterocycles. The van der Waals surface area contributed by atoms with Gasteiger partial charge in [-0.25, -0.2) is 5.10 Å². The SMILES string of the molecule is Cc1ccc(NC(=O)c2ccc(CSc3n[nH]c(N)n3)cc2)c(C)c1. The van der Waals surface area contributed by atoms with Crippen molar-refractivity contribution in [2.45, 2.75) is 24.8 Å². The van der Waals surface area contributed by atoms with E-state index in [0.29, 0.717) is 22.4 Å². The van der Waals surface area contributed by atoms with Gasteiger partial charge in [-0.3, -0.25) is 4.79 Å². The highest BCUT2D eigenvalue weighted by Gasteiger charge is 2.08. The van der Waals surface area contributed by atoms with Gasteiger partial charge in [0.15, 0.2) is 0 Å². The second-order valence-corrected chi connectivity index (χ2v) is 6.70. The van der Waals surface area contributed by atoms with E-state index in [1.54, 1.807) is 0 Å².